The first kappa shape index (κ1) is 16.9. The number of hydrogen-bond donors (Lipinski definition) is 2. The molecule has 1 amide bonds. The summed E-state index contributed by atoms with van der Waals surface area (Å²) in [4.78, 5) is 22.6. The average Bonchev–Trinajstić information content (AvgIpc) is 3.12. The quantitative estimate of drug-likeness (QED) is 0.713. The van der Waals surface area contributed by atoms with Crippen LogP contribution in [0.4, 0.5) is 0 Å². The van der Waals surface area contributed by atoms with Crippen molar-refractivity contribution in [3.63, 3.8) is 0 Å². The van der Waals surface area contributed by atoms with E-state index in [1.54, 1.807) is 11.4 Å². The molecule has 9 heteroatoms. The average molecular weight is 346 g/mol. The number of nitrogens with zero attached hydrogens (tertiary/aromatic N) is 1. The number of aliphatic carboxylic acids is 1. The molecule has 1 aromatic heterocycles. The summed E-state index contributed by atoms with van der Waals surface area (Å²) in [7, 11) is -3.64. The van der Waals surface area contributed by atoms with Crippen molar-refractivity contribution in [2.75, 3.05) is 13.1 Å². The van der Waals surface area contributed by atoms with Crippen LogP contribution in [-0.2, 0) is 19.6 Å². The smallest absolute Gasteiger partial charge is 0.303 e. The highest BCUT2D eigenvalue weighted by atomic mass is 32.2. The zero-order chi connectivity index (χ0) is 16.2. The molecule has 0 saturated carbocycles. The Bertz CT molecular complexity index is 627. The Morgan fingerprint density at radius 2 is 2.23 bits per heavy atom. The highest BCUT2D eigenvalue weighted by molar-refractivity contribution is 7.91. The Morgan fingerprint density at radius 3 is 2.86 bits per heavy atom. The minimum Gasteiger partial charge on any atom is -0.481 e. The van der Waals surface area contributed by atoms with Crippen molar-refractivity contribution in [3.05, 3.63) is 17.5 Å². The number of sulfonamides is 1. The third kappa shape index (κ3) is 3.84. The molecule has 122 valence electrons. The number of nitrogens with one attached hydrogen (secondary N) is 1. The van der Waals surface area contributed by atoms with Crippen LogP contribution in [0.3, 0.4) is 0 Å². The molecule has 7 nitrogen and oxygen atoms in total. The standard InChI is InChI=1S/C13H18N2O5S2/c16-11(17)5-1-7-14-13(18)10-4-2-8-15(10)22(19,20)12-6-3-9-21-12/h3,6,9-10H,1-2,4-5,7-8H2,(H,14,18)(H,16,17). The van der Waals surface area contributed by atoms with E-state index in [4.69, 9.17) is 5.11 Å². The summed E-state index contributed by atoms with van der Waals surface area (Å²) in [5.41, 5.74) is 0. The van der Waals surface area contributed by atoms with Crippen LogP contribution in [0.5, 0.6) is 0 Å². The molecular formula is C13H18N2O5S2. The molecule has 1 fully saturated rings. The fourth-order valence-corrected chi connectivity index (χ4v) is 5.16. The van der Waals surface area contributed by atoms with Crippen molar-refractivity contribution in [1.82, 2.24) is 9.62 Å². The molecular weight excluding hydrogens is 328 g/mol. The van der Waals surface area contributed by atoms with Crippen molar-refractivity contribution < 1.29 is 23.1 Å². The van der Waals surface area contributed by atoms with Gasteiger partial charge >= 0.3 is 5.97 Å². The van der Waals surface area contributed by atoms with Crippen molar-refractivity contribution in [3.8, 4) is 0 Å². The zero-order valence-corrected chi connectivity index (χ0v) is 13.5. The van der Waals surface area contributed by atoms with Crippen LogP contribution >= 0.6 is 11.3 Å². The van der Waals surface area contributed by atoms with Gasteiger partial charge in [-0.05, 0) is 30.7 Å². The molecule has 2 rings (SSSR count). The summed E-state index contributed by atoms with van der Waals surface area (Å²) in [5, 5.41) is 12.9. The molecule has 0 aliphatic carbocycles. The predicted molar refractivity (Wildman–Crippen MR) is 81.1 cm³/mol. The van der Waals surface area contributed by atoms with Gasteiger partial charge in [-0.15, -0.1) is 11.3 Å². The van der Waals surface area contributed by atoms with E-state index in [1.165, 1.54) is 10.4 Å². The summed E-state index contributed by atoms with van der Waals surface area (Å²) in [5.74, 6) is -1.28. The van der Waals surface area contributed by atoms with E-state index in [-0.39, 0.29) is 23.1 Å². The molecule has 1 saturated heterocycles. The third-order valence-corrected chi connectivity index (χ3v) is 6.71. The van der Waals surface area contributed by atoms with E-state index >= 15 is 0 Å². The van der Waals surface area contributed by atoms with Crippen LogP contribution in [0.1, 0.15) is 25.7 Å². The Kier molecular flexibility index (Phi) is 5.54. The maximum Gasteiger partial charge on any atom is 0.303 e. The lowest BCUT2D eigenvalue weighted by Crippen LogP contribution is -2.45. The van der Waals surface area contributed by atoms with E-state index in [0.29, 0.717) is 25.8 Å². The van der Waals surface area contributed by atoms with Crippen LogP contribution in [0, 0.1) is 0 Å². The Hall–Kier alpha value is -1.45. The molecule has 0 spiro atoms. The Balaban J connectivity index is 1.98. The molecule has 2 N–H and O–H groups in total. The van der Waals surface area contributed by atoms with Gasteiger partial charge in [-0.1, -0.05) is 6.07 Å². The highest BCUT2D eigenvalue weighted by Gasteiger charge is 2.39. The topological polar surface area (TPSA) is 104 Å². The van der Waals surface area contributed by atoms with Crippen LogP contribution in [-0.4, -0.2) is 48.8 Å². The molecule has 1 aromatic rings. The lowest BCUT2D eigenvalue weighted by Gasteiger charge is -2.22. The van der Waals surface area contributed by atoms with Crippen LogP contribution in [0.15, 0.2) is 21.7 Å². The molecule has 1 unspecified atom stereocenters. The SMILES string of the molecule is O=C(O)CCCNC(=O)C1CCCN1S(=O)(=O)c1cccs1. The van der Waals surface area contributed by atoms with Crippen LogP contribution < -0.4 is 5.32 Å². The summed E-state index contributed by atoms with van der Waals surface area (Å²) >= 11 is 1.13. The number of amides is 1. The van der Waals surface area contributed by atoms with Gasteiger partial charge in [-0.2, -0.15) is 4.31 Å². The Morgan fingerprint density at radius 1 is 1.45 bits per heavy atom. The molecule has 1 aliphatic heterocycles. The van der Waals surface area contributed by atoms with Gasteiger partial charge in [0.25, 0.3) is 10.0 Å². The second-order valence-electron chi connectivity index (χ2n) is 4.99. The summed E-state index contributed by atoms with van der Waals surface area (Å²) < 4.78 is 26.5. The molecule has 22 heavy (non-hydrogen) atoms. The predicted octanol–water partition coefficient (Wildman–Crippen LogP) is 0.882. The fraction of sp³-hybridized carbons (Fsp3) is 0.538. The largest absolute Gasteiger partial charge is 0.481 e. The molecule has 0 bridgehead atoms. The van der Waals surface area contributed by atoms with Crippen LogP contribution in [0.25, 0.3) is 0 Å². The first-order chi connectivity index (χ1) is 10.4. The van der Waals surface area contributed by atoms with Gasteiger partial charge in [0.15, 0.2) is 0 Å². The van der Waals surface area contributed by atoms with Gasteiger partial charge in [0.2, 0.25) is 5.91 Å². The van der Waals surface area contributed by atoms with Gasteiger partial charge in [-0.3, -0.25) is 9.59 Å². The van der Waals surface area contributed by atoms with E-state index in [0.717, 1.165) is 11.3 Å². The molecule has 0 radical (unpaired) electrons. The normalized spacial score (nSPS) is 19.2. The molecule has 1 aliphatic rings. The van der Waals surface area contributed by atoms with E-state index < -0.39 is 22.0 Å². The minimum absolute atomic E-state index is 0.0256. The molecule has 2 heterocycles. The maximum absolute atomic E-state index is 12.5. The number of rotatable bonds is 7. The second-order valence-corrected chi connectivity index (χ2v) is 8.06. The lowest BCUT2D eigenvalue weighted by molar-refractivity contribution is -0.137. The van der Waals surface area contributed by atoms with Crippen LogP contribution in [0.2, 0.25) is 0 Å². The maximum atomic E-state index is 12.5. The van der Waals surface area contributed by atoms with Gasteiger partial charge in [0.05, 0.1) is 0 Å². The first-order valence-corrected chi connectivity index (χ1v) is 9.30. The number of carboxylic acid groups (broad SMARTS) is 1. The van der Waals surface area contributed by atoms with Crippen molar-refractivity contribution >= 4 is 33.2 Å². The van der Waals surface area contributed by atoms with Gasteiger partial charge in [-0.25, -0.2) is 8.42 Å². The zero-order valence-electron chi connectivity index (χ0n) is 11.9. The van der Waals surface area contributed by atoms with Gasteiger partial charge in [0.1, 0.15) is 10.3 Å². The summed E-state index contributed by atoms with van der Waals surface area (Å²) in [6.45, 7) is 0.558. The van der Waals surface area contributed by atoms with Crippen molar-refractivity contribution in [1.29, 1.82) is 0 Å². The van der Waals surface area contributed by atoms with Gasteiger partial charge in [0, 0.05) is 19.5 Å². The van der Waals surface area contributed by atoms with E-state index in [2.05, 4.69) is 5.32 Å². The van der Waals surface area contributed by atoms with E-state index in [9.17, 15) is 18.0 Å². The number of carbonyl (C=O) groups is 2. The molecule has 0 aromatic carbocycles. The number of carbonyl (C=O) groups excluding carboxylic acids is 1. The van der Waals surface area contributed by atoms with Gasteiger partial charge < -0.3 is 10.4 Å². The first-order valence-electron chi connectivity index (χ1n) is 6.98. The Labute approximate surface area is 133 Å². The highest BCUT2D eigenvalue weighted by Crippen LogP contribution is 2.28. The minimum atomic E-state index is -3.64. The number of hydrogen-bond acceptors (Lipinski definition) is 5. The number of thiophene rings is 1. The molecule has 1 atom stereocenters. The van der Waals surface area contributed by atoms with E-state index in [1.807, 2.05) is 0 Å². The summed E-state index contributed by atoms with van der Waals surface area (Å²) in [6, 6.07) is 2.48. The van der Waals surface area contributed by atoms with Crippen molar-refractivity contribution in [2.24, 2.45) is 0 Å². The fourth-order valence-electron chi connectivity index (χ4n) is 2.38. The number of carboxylic acids is 1. The second kappa shape index (κ2) is 7.21. The monoisotopic (exact) mass is 346 g/mol. The van der Waals surface area contributed by atoms with Crippen molar-refractivity contribution in [2.45, 2.75) is 35.9 Å². The third-order valence-electron chi connectivity index (χ3n) is 3.43. The summed E-state index contributed by atoms with van der Waals surface area (Å²) in [6.07, 6.45) is 1.42. The lowest BCUT2D eigenvalue weighted by atomic mass is 10.2.